The first-order valence-electron chi connectivity index (χ1n) is 19.8. The molecule has 12 nitrogen and oxygen atoms in total. The van der Waals surface area contributed by atoms with E-state index in [-0.39, 0.29) is 48.2 Å². The van der Waals surface area contributed by atoms with E-state index in [4.69, 9.17) is 9.72 Å². The van der Waals surface area contributed by atoms with E-state index in [2.05, 4.69) is 93.4 Å². The number of piperazine rings is 1. The fourth-order valence-corrected chi connectivity index (χ4v) is 8.32. The fraction of sp³-hybridized carbons (Fsp3) is 0.419. The predicted molar refractivity (Wildman–Crippen MR) is 221 cm³/mol. The molecule has 0 aliphatic carbocycles. The number of nitrogens with one attached hydrogen (secondary N) is 4. The lowest BCUT2D eigenvalue weighted by molar-refractivity contribution is 0.0904. The molecule has 3 aliphatic rings. The van der Waals surface area contributed by atoms with Crippen molar-refractivity contribution in [2.75, 3.05) is 31.6 Å². The van der Waals surface area contributed by atoms with Crippen molar-refractivity contribution >= 4 is 40.9 Å². The molecule has 0 unspecified atom stereocenters. The molecule has 0 spiro atoms. The second-order valence-electron chi connectivity index (χ2n) is 15.0. The number of ether oxygens (including phenoxy) is 1. The first-order valence-corrected chi connectivity index (χ1v) is 19.8. The van der Waals surface area contributed by atoms with Crippen LogP contribution < -0.4 is 21.3 Å². The summed E-state index contributed by atoms with van der Waals surface area (Å²) < 4.78 is 7.50. The monoisotopic (exact) mass is 777 g/mol. The number of likely N-dealkylation sites (tertiary alicyclic amines) is 1. The molecule has 2 bridgehead atoms. The Morgan fingerprint density at radius 1 is 0.929 bits per heavy atom. The molecule has 2 amide bonds. The zero-order chi connectivity index (χ0) is 37.9. The molecule has 6 heterocycles. The molecule has 5 aromatic rings. The van der Waals surface area contributed by atoms with Gasteiger partial charge in [0.1, 0.15) is 11.4 Å². The van der Waals surface area contributed by atoms with Gasteiger partial charge in [-0.15, -0.1) is 12.4 Å². The predicted octanol–water partition coefficient (Wildman–Crippen LogP) is 5.80. The van der Waals surface area contributed by atoms with Crippen LogP contribution in [0.1, 0.15) is 82.0 Å². The van der Waals surface area contributed by atoms with E-state index in [1.165, 1.54) is 23.1 Å². The summed E-state index contributed by atoms with van der Waals surface area (Å²) in [5.74, 6) is -0.704. The number of pyridine rings is 2. The Kier molecular flexibility index (Phi) is 12.3. The minimum atomic E-state index is -0.364. The second kappa shape index (κ2) is 17.5. The smallest absolute Gasteiger partial charge is 0.270 e. The number of nitrogens with zero attached hydrogens (tertiary/aromatic N) is 5. The maximum atomic E-state index is 13.6. The quantitative estimate of drug-likeness (QED) is 0.117. The Balaban J connectivity index is 0.00000480. The molecule has 0 radical (unpaired) electrons. The molecule has 2 aromatic carbocycles. The number of halogens is 1. The maximum Gasteiger partial charge on any atom is 0.270 e. The van der Waals surface area contributed by atoms with Gasteiger partial charge in [-0.2, -0.15) is 5.10 Å². The Bertz CT molecular complexity index is 2200. The third kappa shape index (κ3) is 8.44. The van der Waals surface area contributed by atoms with Gasteiger partial charge in [0, 0.05) is 81.9 Å². The van der Waals surface area contributed by atoms with Crippen molar-refractivity contribution in [3.63, 3.8) is 0 Å². The van der Waals surface area contributed by atoms with E-state index in [1.807, 2.05) is 16.9 Å². The number of rotatable bonds is 13. The van der Waals surface area contributed by atoms with E-state index >= 15 is 0 Å². The van der Waals surface area contributed by atoms with Gasteiger partial charge < -0.3 is 26.0 Å². The lowest BCUT2D eigenvalue weighted by Gasteiger charge is -2.27. The van der Waals surface area contributed by atoms with Crippen molar-refractivity contribution < 1.29 is 14.3 Å². The number of amides is 2. The van der Waals surface area contributed by atoms with Crippen LogP contribution in [0.2, 0.25) is 0 Å². The molecular formula is C43H52ClN9O3. The molecule has 3 aromatic heterocycles. The Morgan fingerprint density at radius 2 is 1.70 bits per heavy atom. The Morgan fingerprint density at radius 3 is 2.41 bits per heavy atom. The van der Waals surface area contributed by atoms with Gasteiger partial charge in [0.05, 0.1) is 17.3 Å². The number of anilines is 1. The highest BCUT2D eigenvalue weighted by Gasteiger charge is 2.37. The van der Waals surface area contributed by atoms with Crippen molar-refractivity contribution in [2.45, 2.75) is 90.8 Å². The van der Waals surface area contributed by atoms with Gasteiger partial charge in [-0.3, -0.25) is 14.5 Å². The molecule has 0 saturated carbocycles. The van der Waals surface area contributed by atoms with Crippen molar-refractivity contribution in [1.82, 2.24) is 40.6 Å². The molecule has 3 saturated heterocycles. The average Bonchev–Trinajstić information content (AvgIpc) is 3.97. The highest BCUT2D eigenvalue weighted by Crippen LogP contribution is 2.32. The number of hydrogen-bond donors (Lipinski definition) is 4. The zero-order valence-electron chi connectivity index (χ0n) is 32.4. The first kappa shape index (κ1) is 39.4. The number of hydrogen-bond acceptors (Lipinski definition) is 9. The standard InChI is InChI=1S/C43H51N9O3.ClH/c1-4-37-35(40(48-31-14-16-55-17-15-31)36-24-47-52(5-2)41(36)50-37)23-46-43(54)39-11-7-10-38(49-39)42(53)45-21-28-13-12-27(3)34(19-28)30-9-6-8-29(18-30)25-51-26-32-20-33(51)22-44-32;/h6-13,18-19,24,31-33,44H,4-5,14-17,20-23,25-26H2,1-3H3,(H,45,53)(H,46,54)(H,48,50);1H/t32-,33-;/m0./s1. The molecule has 13 heteroatoms. The lowest BCUT2D eigenvalue weighted by Crippen LogP contribution is -2.42. The molecule has 3 fully saturated rings. The van der Waals surface area contributed by atoms with Crippen LogP contribution in [-0.4, -0.2) is 80.9 Å². The van der Waals surface area contributed by atoms with E-state index in [1.54, 1.807) is 18.2 Å². The van der Waals surface area contributed by atoms with Crippen molar-refractivity contribution in [2.24, 2.45) is 0 Å². The molecule has 56 heavy (non-hydrogen) atoms. The van der Waals surface area contributed by atoms with Gasteiger partial charge in [0.25, 0.3) is 11.8 Å². The minimum absolute atomic E-state index is 0. The zero-order valence-corrected chi connectivity index (χ0v) is 33.3. The first-order chi connectivity index (χ1) is 26.9. The molecular weight excluding hydrogens is 726 g/mol. The van der Waals surface area contributed by atoms with Crippen LogP contribution in [0.4, 0.5) is 5.69 Å². The van der Waals surface area contributed by atoms with Crippen LogP contribution in [0.25, 0.3) is 22.2 Å². The van der Waals surface area contributed by atoms with Crippen molar-refractivity contribution in [3.8, 4) is 11.1 Å². The number of aromatic nitrogens is 4. The van der Waals surface area contributed by atoms with Crippen molar-refractivity contribution in [3.05, 3.63) is 106 Å². The van der Waals surface area contributed by atoms with Gasteiger partial charge in [-0.05, 0) is 91.6 Å². The Hall–Kier alpha value is -4.88. The fourth-order valence-electron chi connectivity index (χ4n) is 8.32. The topological polar surface area (TPSA) is 138 Å². The summed E-state index contributed by atoms with van der Waals surface area (Å²) in [6.07, 6.45) is 5.59. The normalized spacial score (nSPS) is 18.2. The van der Waals surface area contributed by atoms with Gasteiger partial charge in [0.15, 0.2) is 5.65 Å². The van der Waals surface area contributed by atoms with E-state index in [9.17, 15) is 9.59 Å². The van der Waals surface area contributed by atoms with E-state index in [0.29, 0.717) is 44.8 Å². The summed E-state index contributed by atoms with van der Waals surface area (Å²) in [6, 6.07) is 21.6. The molecule has 3 aliphatic heterocycles. The van der Waals surface area contributed by atoms with Crippen LogP contribution in [0.3, 0.4) is 0 Å². The lowest BCUT2D eigenvalue weighted by atomic mass is 9.96. The van der Waals surface area contributed by atoms with Crippen molar-refractivity contribution in [1.29, 1.82) is 0 Å². The van der Waals surface area contributed by atoms with E-state index in [0.717, 1.165) is 71.6 Å². The summed E-state index contributed by atoms with van der Waals surface area (Å²) in [5, 5.41) is 19.0. The minimum Gasteiger partial charge on any atom is -0.381 e. The second-order valence-corrected chi connectivity index (χ2v) is 15.0. The third-order valence-electron chi connectivity index (χ3n) is 11.4. The maximum absolute atomic E-state index is 13.6. The largest absolute Gasteiger partial charge is 0.381 e. The van der Waals surface area contributed by atoms with Crippen LogP contribution in [-0.2, 0) is 37.3 Å². The van der Waals surface area contributed by atoms with Crippen LogP contribution in [0, 0.1) is 6.92 Å². The molecule has 2 atom stereocenters. The third-order valence-corrected chi connectivity index (χ3v) is 11.4. The SMILES string of the molecule is CCc1nc2c(cnn2CC)c(NC2CCOCC2)c1CNC(=O)c1cccc(C(=O)NCc2ccc(C)c(-c3cccc(CN4C[C@@H]5C[C@H]4CN5)c3)c2)n1.Cl. The number of carbonyl (C=O) groups is 2. The summed E-state index contributed by atoms with van der Waals surface area (Å²) in [6.45, 7) is 12.1. The summed E-state index contributed by atoms with van der Waals surface area (Å²) in [4.78, 5) is 39.0. The van der Waals surface area contributed by atoms with Gasteiger partial charge in [0.2, 0.25) is 0 Å². The number of aryl methyl sites for hydroxylation is 3. The Labute approximate surface area is 334 Å². The van der Waals surface area contributed by atoms with Gasteiger partial charge in [-0.1, -0.05) is 43.3 Å². The van der Waals surface area contributed by atoms with Crippen LogP contribution in [0.15, 0.2) is 66.9 Å². The number of fused-ring (bicyclic) bond motifs is 3. The summed E-state index contributed by atoms with van der Waals surface area (Å²) >= 11 is 0. The van der Waals surface area contributed by atoms with Gasteiger partial charge >= 0.3 is 0 Å². The van der Waals surface area contributed by atoms with Crippen LogP contribution >= 0.6 is 12.4 Å². The number of carbonyl (C=O) groups excluding carboxylic acids is 2. The molecule has 8 rings (SSSR count). The average molecular weight is 778 g/mol. The highest BCUT2D eigenvalue weighted by molar-refractivity contribution is 5.97. The number of benzene rings is 2. The van der Waals surface area contributed by atoms with Gasteiger partial charge in [-0.25, -0.2) is 14.6 Å². The van der Waals surface area contributed by atoms with Crippen LogP contribution in [0.5, 0.6) is 0 Å². The summed E-state index contributed by atoms with van der Waals surface area (Å²) in [5.41, 5.74) is 9.79. The summed E-state index contributed by atoms with van der Waals surface area (Å²) in [7, 11) is 0. The highest BCUT2D eigenvalue weighted by atomic mass is 35.5. The molecule has 294 valence electrons. The van der Waals surface area contributed by atoms with E-state index < -0.39 is 0 Å². The molecule has 4 N–H and O–H groups in total.